The third-order valence-corrected chi connectivity index (χ3v) is 9.23. The molecule has 7 rings (SSSR count). The van der Waals surface area contributed by atoms with Crippen molar-refractivity contribution >= 4 is 0 Å². The Balaban J connectivity index is 1.14. The lowest BCUT2D eigenvalue weighted by Gasteiger charge is -2.36. The third-order valence-electron chi connectivity index (χ3n) is 9.23. The molecule has 0 aliphatic carbocycles. The number of aliphatic hydroxyl groups excluding tert-OH is 1. The van der Waals surface area contributed by atoms with Crippen LogP contribution in [0.25, 0.3) is 11.1 Å². The van der Waals surface area contributed by atoms with Gasteiger partial charge in [0.1, 0.15) is 29.5 Å². The Kier molecular flexibility index (Phi) is 9.94. The summed E-state index contributed by atoms with van der Waals surface area (Å²) in [5.74, 6) is 2.40. The van der Waals surface area contributed by atoms with E-state index in [9.17, 15) is 5.11 Å². The molecule has 6 aromatic carbocycles. The number of hydrogen-bond acceptors (Lipinski definition) is 6. The van der Waals surface area contributed by atoms with Gasteiger partial charge < -0.3 is 28.8 Å². The fourth-order valence-electron chi connectivity index (χ4n) is 6.64. The number of aliphatic hydroxyl groups is 1. The van der Waals surface area contributed by atoms with E-state index in [0.29, 0.717) is 26.4 Å². The van der Waals surface area contributed by atoms with Crippen LogP contribution in [0.15, 0.2) is 140 Å². The Morgan fingerprint density at radius 1 is 0.560 bits per heavy atom. The van der Waals surface area contributed by atoms with Crippen molar-refractivity contribution in [1.29, 1.82) is 0 Å². The molecule has 6 aromatic rings. The second-order valence-electron chi connectivity index (χ2n) is 12.4. The Bertz CT molecular complexity index is 1990. The number of hydrogen-bond donors (Lipinski definition) is 1. The lowest BCUT2D eigenvalue weighted by Crippen LogP contribution is -2.32. The van der Waals surface area contributed by atoms with Crippen LogP contribution in [0.3, 0.4) is 0 Å². The molecule has 0 spiro atoms. The summed E-state index contributed by atoms with van der Waals surface area (Å²) in [6.07, 6.45) is 0. The van der Waals surface area contributed by atoms with Gasteiger partial charge in [0.15, 0.2) is 0 Å². The maximum Gasteiger partial charge on any atom is 0.144 e. The van der Waals surface area contributed by atoms with Crippen LogP contribution in [0.2, 0.25) is 0 Å². The van der Waals surface area contributed by atoms with Gasteiger partial charge in [0.2, 0.25) is 0 Å². The van der Waals surface area contributed by atoms with Crippen LogP contribution in [0.1, 0.15) is 44.5 Å². The predicted octanol–water partition coefficient (Wildman–Crippen LogP) is 8.98. The van der Waals surface area contributed by atoms with E-state index in [4.69, 9.17) is 23.7 Å². The van der Waals surface area contributed by atoms with E-state index in [1.807, 2.05) is 66.7 Å². The molecule has 1 aliphatic heterocycles. The van der Waals surface area contributed by atoms with Crippen LogP contribution in [0, 0.1) is 0 Å². The molecule has 0 aromatic heterocycles. The summed E-state index contributed by atoms with van der Waals surface area (Å²) in [5, 5.41) is 9.41. The summed E-state index contributed by atoms with van der Waals surface area (Å²) >= 11 is 0. The Morgan fingerprint density at radius 3 is 1.78 bits per heavy atom. The predicted molar refractivity (Wildman–Crippen MR) is 194 cm³/mol. The zero-order chi connectivity index (χ0) is 34.3. The van der Waals surface area contributed by atoms with Crippen LogP contribution < -0.4 is 14.2 Å². The van der Waals surface area contributed by atoms with E-state index in [1.54, 1.807) is 14.2 Å². The summed E-state index contributed by atoms with van der Waals surface area (Å²) in [5.41, 5.74) is 9.44. The molecule has 1 heterocycles. The minimum atomic E-state index is -0.913. The maximum atomic E-state index is 9.41. The number of methoxy groups -OCH3 is 2. The van der Waals surface area contributed by atoms with Gasteiger partial charge in [-0.15, -0.1) is 0 Å². The summed E-state index contributed by atoms with van der Waals surface area (Å²) < 4.78 is 30.4. The summed E-state index contributed by atoms with van der Waals surface area (Å²) in [6, 6.07) is 47.1. The zero-order valence-corrected chi connectivity index (χ0v) is 28.3. The minimum absolute atomic E-state index is 0.0243. The molecule has 50 heavy (non-hydrogen) atoms. The smallest absolute Gasteiger partial charge is 0.144 e. The Labute approximate surface area is 293 Å². The fraction of sp³-hybridized carbons (Fsp3) is 0.182. The first-order chi connectivity index (χ1) is 24.6. The molecule has 0 saturated heterocycles. The van der Waals surface area contributed by atoms with Gasteiger partial charge in [0, 0.05) is 5.56 Å². The average Bonchev–Trinajstić information content (AvgIpc) is 3.19. The highest BCUT2D eigenvalue weighted by Gasteiger charge is 2.38. The molecule has 1 aliphatic rings. The molecular formula is C44H40O6. The highest BCUT2D eigenvalue weighted by molar-refractivity contribution is 5.75. The van der Waals surface area contributed by atoms with Gasteiger partial charge in [-0.3, -0.25) is 0 Å². The summed E-state index contributed by atoms with van der Waals surface area (Å²) in [6.45, 7) is 1.82. The van der Waals surface area contributed by atoms with Gasteiger partial charge in [-0.25, -0.2) is 0 Å². The first kappa shape index (κ1) is 33.1. The molecule has 0 fully saturated rings. The van der Waals surface area contributed by atoms with Crippen molar-refractivity contribution in [3.63, 3.8) is 0 Å². The first-order valence-corrected chi connectivity index (χ1v) is 16.7. The van der Waals surface area contributed by atoms with Crippen LogP contribution >= 0.6 is 0 Å². The largest absolute Gasteiger partial charge is 0.497 e. The molecule has 6 nitrogen and oxygen atoms in total. The van der Waals surface area contributed by atoms with Gasteiger partial charge in [-0.05, 0) is 86.5 Å². The van der Waals surface area contributed by atoms with Crippen molar-refractivity contribution < 1.29 is 28.8 Å². The Hall–Kier alpha value is -5.40. The van der Waals surface area contributed by atoms with Crippen molar-refractivity contribution in [3.05, 3.63) is 184 Å². The standard InChI is InChI=1S/C44H40O6/c1-46-39-17-13-37(14-18-39)44(36-9-4-3-5-10-36,38-15-19-40(47-2)20-16-38)50-29-34-12-22-42-41-21-11-33(24-35(41)30-49-43(42)25-34)28-48-27-32-8-6-7-31(23-32)26-45/h3-25,45H,26-30H2,1-2H3. The number of benzene rings is 6. The summed E-state index contributed by atoms with van der Waals surface area (Å²) in [7, 11) is 3.34. The first-order valence-electron chi connectivity index (χ1n) is 16.7. The Morgan fingerprint density at radius 2 is 1.14 bits per heavy atom. The number of fused-ring (bicyclic) bond motifs is 3. The van der Waals surface area contributed by atoms with E-state index in [0.717, 1.165) is 72.9 Å². The van der Waals surface area contributed by atoms with Crippen LogP contribution in [-0.4, -0.2) is 19.3 Å². The lowest BCUT2D eigenvalue weighted by molar-refractivity contribution is 0.000107. The number of ether oxygens (including phenoxy) is 5. The van der Waals surface area contributed by atoms with E-state index in [2.05, 4.69) is 72.8 Å². The molecule has 0 saturated carbocycles. The van der Waals surface area contributed by atoms with Gasteiger partial charge in [-0.2, -0.15) is 0 Å². The molecule has 6 heteroatoms. The third kappa shape index (κ3) is 6.87. The van der Waals surface area contributed by atoms with E-state index < -0.39 is 5.60 Å². The van der Waals surface area contributed by atoms with E-state index in [1.165, 1.54) is 0 Å². The fourth-order valence-corrected chi connectivity index (χ4v) is 6.64. The van der Waals surface area contributed by atoms with Crippen molar-refractivity contribution in [2.45, 2.75) is 38.6 Å². The van der Waals surface area contributed by atoms with Crippen molar-refractivity contribution in [2.75, 3.05) is 14.2 Å². The zero-order valence-electron chi connectivity index (χ0n) is 28.3. The molecule has 1 N–H and O–H groups in total. The molecule has 252 valence electrons. The molecular weight excluding hydrogens is 624 g/mol. The normalized spacial score (nSPS) is 12.1. The van der Waals surface area contributed by atoms with Gasteiger partial charge in [0.25, 0.3) is 0 Å². The van der Waals surface area contributed by atoms with Gasteiger partial charge >= 0.3 is 0 Å². The topological polar surface area (TPSA) is 66.4 Å². The second kappa shape index (κ2) is 15.0. The average molecular weight is 665 g/mol. The van der Waals surface area contributed by atoms with Crippen LogP contribution in [-0.2, 0) is 48.1 Å². The molecule has 0 atom stereocenters. The van der Waals surface area contributed by atoms with E-state index in [-0.39, 0.29) is 6.61 Å². The lowest BCUT2D eigenvalue weighted by atomic mass is 9.80. The molecule has 0 amide bonds. The van der Waals surface area contributed by atoms with Crippen molar-refractivity contribution in [2.24, 2.45) is 0 Å². The second-order valence-corrected chi connectivity index (χ2v) is 12.4. The molecule has 0 bridgehead atoms. The number of rotatable bonds is 13. The minimum Gasteiger partial charge on any atom is -0.497 e. The molecule has 0 unspecified atom stereocenters. The van der Waals surface area contributed by atoms with Crippen molar-refractivity contribution in [3.8, 4) is 28.4 Å². The summed E-state index contributed by atoms with van der Waals surface area (Å²) in [4.78, 5) is 0. The highest BCUT2D eigenvalue weighted by Crippen LogP contribution is 2.43. The van der Waals surface area contributed by atoms with Crippen LogP contribution in [0.5, 0.6) is 17.2 Å². The quantitative estimate of drug-likeness (QED) is 0.124. The van der Waals surface area contributed by atoms with Crippen molar-refractivity contribution in [1.82, 2.24) is 0 Å². The monoisotopic (exact) mass is 664 g/mol. The molecule has 0 radical (unpaired) electrons. The maximum absolute atomic E-state index is 9.41. The van der Waals surface area contributed by atoms with Gasteiger partial charge in [0.05, 0.1) is 40.6 Å². The van der Waals surface area contributed by atoms with Crippen LogP contribution in [0.4, 0.5) is 0 Å². The van der Waals surface area contributed by atoms with E-state index >= 15 is 0 Å². The SMILES string of the molecule is COc1ccc(C(OCc2ccc3c(c2)OCc2cc(COCc4cccc(CO)c4)ccc2-3)(c2ccccc2)c2ccc(OC)cc2)cc1. The highest BCUT2D eigenvalue weighted by atomic mass is 16.5. The van der Waals surface area contributed by atoms with Gasteiger partial charge in [-0.1, -0.05) is 103 Å².